The van der Waals surface area contributed by atoms with Gasteiger partial charge in [0.1, 0.15) is 5.75 Å². The van der Waals surface area contributed by atoms with Crippen LogP contribution in [0.2, 0.25) is 0 Å². The van der Waals surface area contributed by atoms with Crippen molar-refractivity contribution in [3.63, 3.8) is 0 Å². The molecular formula is C24H28N4O2S. The normalized spacial score (nSPS) is 11.9. The summed E-state index contributed by atoms with van der Waals surface area (Å²) in [6, 6.07) is 17.6. The van der Waals surface area contributed by atoms with Crippen LogP contribution in [0.1, 0.15) is 25.5 Å². The highest BCUT2D eigenvalue weighted by Gasteiger charge is 2.20. The molecule has 6 nitrogen and oxygen atoms in total. The van der Waals surface area contributed by atoms with Gasteiger partial charge >= 0.3 is 0 Å². The van der Waals surface area contributed by atoms with Crippen molar-refractivity contribution in [2.45, 2.75) is 31.6 Å². The number of carbonyl (C=O) groups is 1. The van der Waals surface area contributed by atoms with E-state index >= 15 is 0 Å². The fourth-order valence-corrected chi connectivity index (χ4v) is 4.04. The van der Waals surface area contributed by atoms with Crippen molar-refractivity contribution in [1.82, 2.24) is 20.1 Å². The van der Waals surface area contributed by atoms with Gasteiger partial charge in [-0.3, -0.25) is 9.36 Å². The molecule has 31 heavy (non-hydrogen) atoms. The Kier molecular flexibility index (Phi) is 7.89. The van der Waals surface area contributed by atoms with Gasteiger partial charge in [0.2, 0.25) is 5.91 Å². The number of carbonyl (C=O) groups excluding carboxylic acids is 1. The summed E-state index contributed by atoms with van der Waals surface area (Å²) in [6.07, 6.45) is 1.80. The average Bonchev–Trinajstić information content (AvgIpc) is 3.19. The van der Waals surface area contributed by atoms with Crippen molar-refractivity contribution in [1.29, 1.82) is 0 Å². The SMILES string of the molecule is C=CCn1c(SCC(=O)NC(c2ccc(OC)cc2)C(C)C)nnc1-c1ccccc1. The van der Waals surface area contributed by atoms with Crippen LogP contribution in [0, 0.1) is 5.92 Å². The van der Waals surface area contributed by atoms with E-state index in [-0.39, 0.29) is 23.6 Å². The second-order valence-electron chi connectivity index (χ2n) is 7.42. The van der Waals surface area contributed by atoms with Crippen LogP contribution in [0.4, 0.5) is 0 Å². The van der Waals surface area contributed by atoms with Gasteiger partial charge < -0.3 is 10.1 Å². The molecule has 0 aliphatic carbocycles. The standard InChI is InChI=1S/C24H28N4O2S/c1-5-15-28-23(19-9-7-6-8-10-19)26-27-24(28)31-16-21(29)25-22(17(2)3)18-11-13-20(30-4)14-12-18/h5-14,17,22H,1,15-16H2,2-4H3,(H,25,29). The number of nitrogens with zero attached hydrogens (tertiary/aromatic N) is 3. The Bertz CT molecular complexity index is 1000. The average molecular weight is 437 g/mol. The van der Waals surface area contributed by atoms with Gasteiger partial charge in [-0.2, -0.15) is 0 Å². The van der Waals surface area contributed by atoms with Gasteiger partial charge in [-0.05, 0) is 23.6 Å². The molecular weight excluding hydrogens is 408 g/mol. The highest BCUT2D eigenvalue weighted by atomic mass is 32.2. The first-order chi connectivity index (χ1) is 15.0. The number of hydrogen-bond donors (Lipinski definition) is 1. The van der Waals surface area contributed by atoms with E-state index in [1.54, 1.807) is 13.2 Å². The Hall–Kier alpha value is -3.06. The van der Waals surface area contributed by atoms with Crippen LogP contribution < -0.4 is 10.1 Å². The summed E-state index contributed by atoms with van der Waals surface area (Å²) in [7, 11) is 1.64. The third kappa shape index (κ3) is 5.76. The molecule has 162 valence electrons. The van der Waals surface area contributed by atoms with Gasteiger partial charge in [0.25, 0.3) is 0 Å². The summed E-state index contributed by atoms with van der Waals surface area (Å²) in [6.45, 7) is 8.59. The molecule has 0 fully saturated rings. The molecule has 7 heteroatoms. The lowest BCUT2D eigenvalue weighted by Gasteiger charge is -2.23. The zero-order valence-electron chi connectivity index (χ0n) is 18.1. The monoisotopic (exact) mass is 436 g/mol. The second kappa shape index (κ2) is 10.8. The van der Waals surface area contributed by atoms with Crippen molar-refractivity contribution in [3.8, 4) is 17.1 Å². The first-order valence-electron chi connectivity index (χ1n) is 10.2. The Balaban J connectivity index is 1.69. The minimum absolute atomic E-state index is 0.0473. The minimum Gasteiger partial charge on any atom is -0.497 e. The molecule has 0 aliphatic rings. The molecule has 3 aromatic rings. The van der Waals surface area contributed by atoms with E-state index in [1.807, 2.05) is 59.2 Å². The zero-order chi connectivity index (χ0) is 22.2. The maximum Gasteiger partial charge on any atom is 0.230 e. The van der Waals surface area contributed by atoms with Crippen molar-refractivity contribution in [3.05, 3.63) is 72.8 Å². The second-order valence-corrected chi connectivity index (χ2v) is 8.37. The molecule has 0 saturated carbocycles. The van der Waals surface area contributed by atoms with Crippen molar-refractivity contribution < 1.29 is 9.53 Å². The molecule has 2 aromatic carbocycles. The fraction of sp³-hybridized carbons (Fsp3) is 0.292. The van der Waals surface area contributed by atoms with E-state index in [0.29, 0.717) is 11.7 Å². The van der Waals surface area contributed by atoms with Crippen molar-refractivity contribution >= 4 is 17.7 Å². The van der Waals surface area contributed by atoms with Crippen LogP contribution in [0.3, 0.4) is 0 Å². The summed E-state index contributed by atoms with van der Waals surface area (Å²) >= 11 is 1.38. The lowest BCUT2D eigenvalue weighted by molar-refractivity contribution is -0.119. The topological polar surface area (TPSA) is 69.0 Å². The predicted octanol–water partition coefficient (Wildman–Crippen LogP) is 4.75. The molecule has 0 radical (unpaired) electrons. The van der Waals surface area contributed by atoms with E-state index in [9.17, 15) is 4.79 Å². The number of thioether (sulfide) groups is 1. The third-order valence-electron chi connectivity index (χ3n) is 4.85. The number of methoxy groups -OCH3 is 1. The number of allylic oxidation sites excluding steroid dienone is 1. The van der Waals surface area contributed by atoms with Gasteiger partial charge in [0.05, 0.1) is 18.9 Å². The van der Waals surface area contributed by atoms with Crippen molar-refractivity contribution in [2.75, 3.05) is 12.9 Å². The van der Waals surface area contributed by atoms with Crippen molar-refractivity contribution in [2.24, 2.45) is 5.92 Å². The first-order valence-corrected chi connectivity index (χ1v) is 11.2. The number of rotatable bonds is 10. The highest BCUT2D eigenvalue weighted by Crippen LogP contribution is 2.26. The summed E-state index contributed by atoms with van der Waals surface area (Å²) in [5.74, 6) is 2.01. The van der Waals surface area contributed by atoms with E-state index in [4.69, 9.17) is 4.74 Å². The Labute approximate surface area is 187 Å². The number of nitrogens with one attached hydrogen (secondary N) is 1. The van der Waals surface area contributed by atoms with E-state index in [2.05, 4.69) is 35.9 Å². The van der Waals surface area contributed by atoms with Gasteiger partial charge in [0, 0.05) is 12.1 Å². The van der Waals surface area contributed by atoms with Crippen LogP contribution >= 0.6 is 11.8 Å². The number of amides is 1. The van der Waals surface area contributed by atoms with Crippen LogP contribution in [-0.2, 0) is 11.3 Å². The zero-order valence-corrected chi connectivity index (χ0v) is 18.9. The molecule has 1 N–H and O–H groups in total. The largest absolute Gasteiger partial charge is 0.497 e. The first kappa shape index (κ1) is 22.6. The molecule has 0 bridgehead atoms. The maximum atomic E-state index is 12.7. The van der Waals surface area contributed by atoms with Gasteiger partial charge in [-0.1, -0.05) is 74.1 Å². The van der Waals surface area contributed by atoms with E-state index in [0.717, 1.165) is 22.7 Å². The lowest BCUT2D eigenvalue weighted by atomic mass is 9.96. The summed E-state index contributed by atoms with van der Waals surface area (Å²) < 4.78 is 7.21. The van der Waals surface area contributed by atoms with Crippen LogP contribution in [-0.4, -0.2) is 33.5 Å². The smallest absolute Gasteiger partial charge is 0.230 e. The molecule has 1 unspecified atom stereocenters. The van der Waals surface area contributed by atoms with Gasteiger partial charge in [-0.15, -0.1) is 16.8 Å². The Morgan fingerprint density at radius 3 is 2.48 bits per heavy atom. The number of aromatic nitrogens is 3. The predicted molar refractivity (Wildman–Crippen MR) is 125 cm³/mol. The number of ether oxygens (including phenoxy) is 1. The maximum absolute atomic E-state index is 12.7. The Morgan fingerprint density at radius 2 is 1.87 bits per heavy atom. The molecule has 1 atom stereocenters. The summed E-state index contributed by atoms with van der Waals surface area (Å²) in [5, 5.41) is 12.5. The van der Waals surface area contributed by atoms with Crippen LogP contribution in [0.15, 0.2) is 72.4 Å². The molecule has 1 heterocycles. The fourth-order valence-electron chi connectivity index (χ4n) is 3.28. The van der Waals surface area contributed by atoms with Crippen LogP contribution in [0.25, 0.3) is 11.4 Å². The van der Waals surface area contributed by atoms with Gasteiger partial charge in [-0.25, -0.2) is 0 Å². The molecule has 1 amide bonds. The third-order valence-corrected chi connectivity index (χ3v) is 5.82. The molecule has 1 aromatic heterocycles. The molecule has 0 spiro atoms. The molecule has 3 rings (SSSR count). The number of hydrogen-bond acceptors (Lipinski definition) is 5. The summed E-state index contributed by atoms with van der Waals surface area (Å²) in [4.78, 5) is 12.7. The van der Waals surface area contributed by atoms with Crippen LogP contribution in [0.5, 0.6) is 5.75 Å². The highest BCUT2D eigenvalue weighted by molar-refractivity contribution is 7.99. The molecule has 0 saturated heterocycles. The lowest BCUT2D eigenvalue weighted by Crippen LogP contribution is -2.33. The Morgan fingerprint density at radius 1 is 1.16 bits per heavy atom. The number of benzene rings is 2. The summed E-state index contributed by atoms with van der Waals surface area (Å²) in [5.41, 5.74) is 2.03. The quantitative estimate of drug-likeness (QED) is 0.367. The van der Waals surface area contributed by atoms with Gasteiger partial charge in [0.15, 0.2) is 11.0 Å². The minimum atomic E-state index is -0.0788. The van der Waals surface area contributed by atoms with E-state index < -0.39 is 0 Å². The van der Waals surface area contributed by atoms with E-state index in [1.165, 1.54) is 11.8 Å². The molecule has 0 aliphatic heterocycles.